The molecule has 2 saturated heterocycles. The van der Waals surface area contributed by atoms with Gasteiger partial charge in [-0.05, 0) is 44.6 Å². The highest BCUT2D eigenvalue weighted by atomic mass is 14.9. The van der Waals surface area contributed by atoms with E-state index in [2.05, 4.69) is 12.2 Å². The summed E-state index contributed by atoms with van der Waals surface area (Å²) in [5.74, 6) is 2.12. The topological polar surface area (TPSA) is 12.0 Å². The highest BCUT2D eigenvalue weighted by molar-refractivity contribution is 4.89. The average Bonchev–Trinajstić information content (AvgIpc) is 1.93. The van der Waals surface area contributed by atoms with E-state index in [-0.39, 0.29) is 0 Å². The Morgan fingerprint density at radius 1 is 1.33 bits per heavy atom. The molecular formula is C8H15N. The first-order valence-electron chi connectivity index (χ1n) is 4.09. The SMILES string of the molecule is CC1NCCC2CC1C2. The molecule has 1 saturated carbocycles. The van der Waals surface area contributed by atoms with Crippen LogP contribution < -0.4 is 5.32 Å². The van der Waals surface area contributed by atoms with Gasteiger partial charge in [-0.3, -0.25) is 0 Å². The molecule has 1 heteroatoms. The minimum absolute atomic E-state index is 0.809. The van der Waals surface area contributed by atoms with E-state index in [1.807, 2.05) is 0 Å². The van der Waals surface area contributed by atoms with Crippen molar-refractivity contribution in [2.75, 3.05) is 6.54 Å². The van der Waals surface area contributed by atoms with Gasteiger partial charge in [-0.2, -0.15) is 0 Å². The summed E-state index contributed by atoms with van der Waals surface area (Å²) in [5, 5.41) is 3.54. The van der Waals surface area contributed by atoms with E-state index in [0.29, 0.717) is 0 Å². The van der Waals surface area contributed by atoms with Gasteiger partial charge in [0.25, 0.3) is 0 Å². The quantitative estimate of drug-likeness (QED) is 0.516. The van der Waals surface area contributed by atoms with Crippen LogP contribution in [0.5, 0.6) is 0 Å². The van der Waals surface area contributed by atoms with Gasteiger partial charge in [0.1, 0.15) is 0 Å². The van der Waals surface area contributed by atoms with E-state index in [1.54, 1.807) is 0 Å². The molecule has 1 nitrogen and oxygen atoms in total. The average molecular weight is 125 g/mol. The van der Waals surface area contributed by atoms with Crippen LogP contribution in [0, 0.1) is 11.8 Å². The Morgan fingerprint density at radius 2 is 2.11 bits per heavy atom. The summed E-state index contributed by atoms with van der Waals surface area (Å²) in [7, 11) is 0. The minimum Gasteiger partial charge on any atom is -0.314 e. The molecule has 3 aliphatic rings. The van der Waals surface area contributed by atoms with E-state index >= 15 is 0 Å². The first-order chi connectivity index (χ1) is 4.36. The normalized spacial score (nSPS) is 49.7. The molecule has 2 aliphatic heterocycles. The Hall–Kier alpha value is -0.0400. The van der Waals surface area contributed by atoms with Crippen molar-refractivity contribution in [3.8, 4) is 0 Å². The Bertz CT molecular complexity index is 102. The maximum Gasteiger partial charge on any atom is 0.00672 e. The van der Waals surface area contributed by atoms with Crippen LogP contribution in [0.4, 0.5) is 0 Å². The van der Waals surface area contributed by atoms with Crippen LogP contribution in [0.15, 0.2) is 0 Å². The van der Waals surface area contributed by atoms with Gasteiger partial charge in [0, 0.05) is 6.04 Å². The Labute approximate surface area is 56.8 Å². The molecule has 52 valence electrons. The molecule has 0 spiro atoms. The summed E-state index contributed by atoms with van der Waals surface area (Å²) in [6.07, 6.45) is 4.45. The van der Waals surface area contributed by atoms with Crippen molar-refractivity contribution >= 4 is 0 Å². The third-order valence-corrected chi connectivity index (χ3v) is 3.00. The van der Waals surface area contributed by atoms with Crippen molar-refractivity contribution in [3.05, 3.63) is 0 Å². The van der Waals surface area contributed by atoms with Crippen molar-refractivity contribution in [2.24, 2.45) is 11.8 Å². The molecule has 1 unspecified atom stereocenters. The van der Waals surface area contributed by atoms with Crippen LogP contribution in [0.25, 0.3) is 0 Å². The molecule has 0 aromatic carbocycles. The number of hydrogen-bond donors (Lipinski definition) is 1. The van der Waals surface area contributed by atoms with E-state index in [1.165, 1.54) is 25.8 Å². The van der Waals surface area contributed by atoms with Gasteiger partial charge in [-0.15, -0.1) is 0 Å². The highest BCUT2D eigenvalue weighted by Gasteiger charge is 2.34. The summed E-state index contributed by atoms with van der Waals surface area (Å²) in [4.78, 5) is 0. The molecule has 1 atom stereocenters. The molecular weight excluding hydrogens is 110 g/mol. The van der Waals surface area contributed by atoms with Crippen molar-refractivity contribution < 1.29 is 0 Å². The summed E-state index contributed by atoms with van der Waals surface area (Å²) in [6.45, 7) is 3.59. The lowest BCUT2D eigenvalue weighted by Crippen LogP contribution is -2.35. The van der Waals surface area contributed by atoms with Gasteiger partial charge in [0.15, 0.2) is 0 Å². The van der Waals surface area contributed by atoms with Gasteiger partial charge in [-0.25, -0.2) is 0 Å². The molecule has 3 fully saturated rings. The standard InChI is InChI=1S/C8H15N/c1-6-8-4-7(5-8)2-3-9-6/h6-9H,2-5H2,1H3. The predicted octanol–water partition coefficient (Wildman–Crippen LogP) is 1.39. The van der Waals surface area contributed by atoms with E-state index in [4.69, 9.17) is 0 Å². The monoisotopic (exact) mass is 125 g/mol. The zero-order valence-electron chi connectivity index (χ0n) is 6.06. The van der Waals surface area contributed by atoms with Crippen LogP contribution in [0.2, 0.25) is 0 Å². The Kier molecular flexibility index (Phi) is 1.26. The Morgan fingerprint density at radius 3 is 2.89 bits per heavy atom. The summed E-state index contributed by atoms with van der Waals surface area (Å²) < 4.78 is 0. The number of hydrogen-bond acceptors (Lipinski definition) is 1. The molecule has 3 rings (SSSR count). The van der Waals surface area contributed by atoms with E-state index in [9.17, 15) is 0 Å². The van der Waals surface area contributed by atoms with Crippen LogP contribution >= 0.6 is 0 Å². The predicted molar refractivity (Wildman–Crippen MR) is 38.3 cm³/mol. The van der Waals surface area contributed by atoms with Gasteiger partial charge in [-0.1, -0.05) is 0 Å². The minimum atomic E-state index is 0.809. The lowest BCUT2D eigenvalue weighted by Gasteiger charge is -2.35. The van der Waals surface area contributed by atoms with Crippen LogP contribution in [-0.4, -0.2) is 12.6 Å². The highest BCUT2D eigenvalue weighted by Crippen LogP contribution is 2.39. The molecule has 0 aromatic rings. The lowest BCUT2D eigenvalue weighted by molar-refractivity contribution is 0.181. The van der Waals surface area contributed by atoms with Crippen molar-refractivity contribution in [1.82, 2.24) is 5.32 Å². The van der Waals surface area contributed by atoms with Crippen molar-refractivity contribution in [1.29, 1.82) is 0 Å². The summed E-state index contributed by atoms with van der Waals surface area (Å²) >= 11 is 0. The first kappa shape index (κ1) is 5.72. The molecule has 0 amide bonds. The summed E-state index contributed by atoms with van der Waals surface area (Å²) in [6, 6.07) is 0.809. The van der Waals surface area contributed by atoms with Crippen molar-refractivity contribution in [3.63, 3.8) is 0 Å². The fourth-order valence-corrected chi connectivity index (χ4v) is 2.11. The third kappa shape index (κ3) is 0.877. The number of fused-ring (bicyclic) bond motifs is 3. The van der Waals surface area contributed by atoms with E-state index < -0.39 is 0 Å². The zero-order chi connectivity index (χ0) is 6.27. The van der Waals surface area contributed by atoms with Gasteiger partial charge >= 0.3 is 0 Å². The first-order valence-corrected chi connectivity index (χ1v) is 4.09. The maximum absolute atomic E-state index is 3.54. The fraction of sp³-hybridized carbons (Fsp3) is 1.00. The van der Waals surface area contributed by atoms with Crippen LogP contribution in [-0.2, 0) is 0 Å². The van der Waals surface area contributed by atoms with Gasteiger partial charge in [0.2, 0.25) is 0 Å². The Balaban J connectivity index is 1.99. The molecule has 2 bridgehead atoms. The zero-order valence-corrected chi connectivity index (χ0v) is 6.06. The van der Waals surface area contributed by atoms with Gasteiger partial charge in [0.05, 0.1) is 0 Å². The maximum atomic E-state index is 3.54. The third-order valence-electron chi connectivity index (χ3n) is 3.00. The molecule has 0 aromatic heterocycles. The molecule has 1 N–H and O–H groups in total. The molecule has 0 radical (unpaired) electrons. The largest absolute Gasteiger partial charge is 0.314 e. The van der Waals surface area contributed by atoms with Crippen LogP contribution in [0.1, 0.15) is 26.2 Å². The van der Waals surface area contributed by atoms with Crippen LogP contribution in [0.3, 0.4) is 0 Å². The smallest absolute Gasteiger partial charge is 0.00672 e. The molecule has 2 heterocycles. The molecule has 1 aliphatic carbocycles. The fourth-order valence-electron chi connectivity index (χ4n) is 2.11. The summed E-state index contributed by atoms with van der Waals surface area (Å²) in [5.41, 5.74) is 0. The molecule has 9 heavy (non-hydrogen) atoms. The van der Waals surface area contributed by atoms with E-state index in [0.717, 1.165) is 17.9 Å². The second-order valence-electron chi connectivity index (χ2n) is 3.63. The second kappa shape index (κ2) is 1.98. The van der Waals surface area contributed by atoms with Gasteiger partial charge < -0.3 is 5.32 Å². The second-order valence-corrected chi connectivity index (χ2v) is 3.63. The lowest BCUT2D eigenvalue weighted by atomic mass is 9.72. The van der Waals surface area contributed by atoms with Crippen molar-refractivity contribution in [2.45, 2.75) is 32.2 Å². The number of rotatable bonds is 0. The number of nitrogens with one attached hydrogen (secondary N) is 1.